The summed E-state index contributed by atoms with van der Waals surface area (Å²) in [6, 6.07) is 4.31. The summed E-state index contributed by atoms with van der Waals surface area (Å²) in [7, 11) is -2.22. The Labute approximate surface area is 156 Å². The second-order valence-corrected chi connectivity index (χ2v) is 8.14. The lowest BCUT2D eigenvalue weighted by Crippen LogP contribution is -2.49. The molecule has 0 aliphatic rings. The smallest absolute Gasteiger partial charge is 0.255 e. The van der Waals surface area contributed by atoms with Crippen LogP contribution in [0, 0.1) is 0 Å². The number of methoxy groups -OCH3 is 1. The van der Waals surface area contributed by atoms with E-state index in [1.165, 1.54) is 29.6 Å². The Morgan fingerprint density at radius 2 is 1.77 bits per heavy atom. The van der Waals surface area contributed by atoms with Gasteiger partial charge in [0.15, 0.2) is 0 Å². The van der Waals surface area contributed by atoms with Gasteiger partial charge in [0.1, 0.15) is 5.75 Å². The molecular weight excluding hydrogens is 354 g/mol. The number of rotatable bonds is 10. The second-order valence-electron chi connectivity index (χ2n) is 6.20. The van der Waals surface area contributed by atoms with Crippen LogP contribution in [0.1, 0.15) is 50.9 Å². The molecule has 8 heteroatoms. The van der Waals surface area contributed by atoms with Crippen LogP contribution in [-0.4, -0.2) is 50.9 Å². The average Bonchev–Trinajstić information content (AvgIpc) is 2.65. The average molecular weight is 386 g/mol. The molecule has 0 aliphatic carbocycles. The van der Waals surface area contributed by atoms with Gasteiger partial charge in [0.25, 0.3) is 5.91 Å². The minimum Gasteiger partial charge on any atom is -0.496 e. The highest BCUT2D eigenvalue weighted by molar-refractivity contribution is 7.89. The first kappa shape index (κ1) is 22.4. The molecule has 0 aromatic heterocycles. The third-order valence-corrected chi connectivity index (χ3v) is 6.81. The molecule has 1 aromatic rings. The molecular formula is C18H31N3O4S. The van der Waals surface area contributed by atoms with Crippen LogP contribution in [-0.2, 0) is 10.0 Å². The molecule has 26 heavy (non-hydrogen) atoms. The molecule has 0 heterocycles. The number of hydrogen-bond donors (Lipinski definition) is 2. The van der Waals surface area contributed by atoms with Crippen LogP contribution in [0.25, 0.3) is 0 Å². The Morgan fingerprint density at radius 3 is 2.23 bits per heavy atom. The van der Waals surface area contributed by atoms with E-state index >= 15 is 0 Å². The number of nitrogens with one attached hydrogen (secondary N) is 1. The number of sulfonamides is 1. The molecule has 3 N–H and O–H groups in total. The highest BCUT2D eigenvalue weighted by Crippen LogP contribution is 2.25. The van der Waals surface area contributed by atoms with Crippen LogP contribution in [0.3, 0.4) is 0 Å². The van der Waals surface area contributed by atoms with Crippen molar-refractivity contribution in [2.24, 2.45) is 5.73 Å². The van der Waals surface area contributed by atoms with E-state index in [4.69, 9.17) is 10.5 Å². The zero-order valence-electron chi connectivity index (χ0n) is 16.3. The van der Waals surface area contributed by atoms with E-state index in [-0.39, 0.29) is 10.5 Å². The van der Waals surface area contributed by atoms with Gasteiger partial charge in [-0.05, 0) is 31.0 Å². The van der Waals surface area contributed by atoms with Crippen LogP contribution >= 0.6 is 0 Å². The Bertz CT molecular complexity index is 711. The maximum atomic E-state index is 12.7. The van der Waals surface area contributed by atoms with Crippen molar-refractivity contribution in [1.29, 1.82) is 0 Å². The van der Waals surface area contributed by atoms with Gasteiger partial charge in [-0.15, -0.1) is 0 Å². The van der Waals surface area contributed by atoms with Crippen molar-refractivity contribution in [1.82, 2.24) is 9.62 Å². The van der Waals surface area contributed by atoms with Gasteiger partial charge in [0.2, 0.25) is 10.0 Å². The van der Waals surface area contributed by atoms with Gasteiger partial charge in [-0.3, -0.25) is 4.79 Å². The third kappa shape index (κ3) is 4.96. The monoisotopic (exact) mass is 385 g/mol. The molecule has 1 rings (SSSR count). The van der Waals surface area contributed by atoms with Crippen molar-refractivity contribution in [2.45, 2.75) is 51.0 Å². The highest BCUT2D eigenvalue weighted by Gasteiger charge is 2.26. The number of carbonyl (C=O) groups excluding carboxylic acids is 1. The van der Waals surface area contributed by atoms with E-state index < -0.39 is 21.5 Å². The van der Waals surface area contributed by atoms with Crippen LogP contribution < -0.4 is 15.8 Å². The third-order valence-electron chi connectivity index (χ3n) is 4.77. The van der Waals surface area contributed by atoms with Crippen molar-refractivity contribution >= 4 is 15.9 Å². The Hall–Kier alpha value is -1.64. The molecule has 0 radical (unpaired) electrons. The van der Waals surface area contributed by atoms with E-state index in [1.807, 2.05) is 13.8 Å². The number of benzene rings is 1. The molecule has 0 fully saturated rings. The summed E-state index contributed by atoms with van der Waals surface area (Å²) in [5, 5.41) is 2.80. The summed E-state index contributed by atoms with van der Waals surface area (Å²) < 4.78 is 32.0. The maximum absolute atomic E-state index is 12.7. The van der Waals surface area contributed by atoms with E-state index in [2.05, 4.69) is 5.32 Å². The van der Waals surface area contributed by atoms with Gasteiger partial charge in [0.05, 0.1) is 17.6 Å². The van der Waals surface area contributed by atoms with Crippen molar-refractivity contribution in [3.8, 4) is 5.75 Å². The van der Waals surface area contributed by atoms with E-state index in [0.29, 0.717) is 25.4 Å². The lowest BCUT2D eigenvalue weighted by atomic mass is 9.94. The predicted octanol–water partition coefficient (Wildman–Crippen LogP) is 1.97. The Morgan fingerprint density at radius 1 is 1.19 bits per heavy atom. The number of amides is 1. The summed E-state index contributed by atoms with van der Waals surface area (Å²) in [4.78, 5) is 12.7. The summed E-state index contributed by atoms with van der Waals surface area (Å²) in [6.07, 6.45) is 1.44. The molecule has 0 spiro atoms. The van der Waals surface area contributed by atoms with E-state index in [0.717, 1.165) is 12.8 Å². The molecule has 148 valence electrons. The Kier molecular flexibility index (Phi) is 8.05. The van der Waals surface area contributed by atoms with Crippen LogP contribution in [0.5, 0.6) is 5.75 Å². The number of carbonyl (C=O) groups is 1. The fourth-order valence-corrected chi connectivity index (χ4v) is 4.07. The highest BCUT2D eigenvalue weighted by atomic mass is 32.2. The maximum Gasteiger partial charge on any atom is 0.255 e. The zero-order chi connectivity index (χ0) is 20.0. The fraction of sp³-hybridized carbons (Fsp3) is 0.611. The van der Waals surface area contributed by atoms with Crippen LogP contribution in [0.15, 0.2) is 23.1 Å². The van der Waals surface area contributed by atoms with Crippen molar-refractivity contribution < 1.29 is 17.9 Å². The predicted molar refractivity (Wildman–Crippen MR) is 103 cm³/mol. The molecule has 0 saturated carbocycles. The molecule has 0 bridgehead atoms. The first-order chi connectivity index (χ1) is 12.2. The summed E-state index contributed by atoms with van der Waals surface area (Å²) >= 11 is 0. The van der Waals surface area contributed by atoms with Gasteiger partial charge in [-0.1, -0.05) is 27.7 Å². The molecule has 0 saturated heterocycles. The normalized spacial score (nSPS) is 12.3. The van der Waals surface area contributed by atoms with Crippen molar-refractivity contribution in [3.63, 3.8) is 0 Å². The number of hydrogen-bond acceptors (Lipinski definition) is 5. The van der Waals surface area contributed by atoms with Gasteiger partial charge in [-0.25, -0.2) is 8.42 Å². The first-order valence-electron chi connectivity index (χ1n) is 8.94. The molecule has 7 nitrogen and oxygen atoms in total. The molecule has 0 unspecified atom stereocenters. The lowest BCUT2D eigenvalue weighted by Gasteiger charge is -2.27. The number of nitrogens with zero attached hydrogens (tertiary/aromatic N) is 1. The van der Waals surface area contributed by atoms with Crippen LogP contribution in [0.2, 0.25) is 0 Å². The largest absolute Gasteiger partial charge is 0.496 e. The lowest BCUT2D eigenvalue weighted by molar-refractivity contribution is 0.0939. The summed E-state index contributed by atoms with van der Waals surface area (Å²) in [6.45, 7) is 8.49. The molecule has 1 aromatic carbocycles. The quantitative estimate of drug-likeness (QED) is 0.641. The fourth-order valence-electron chi connectivity index (χ4n) is 2.59. The summed E-state index contributed by atoms with van der Waals surface area (Å²) in [5.41, 5.74) is 5.90. The summed E-state index contributed by atoms with van der Waals surface area (Å²) in [5.74, 6) is -0.0909. The molecule has 0 aliphatic heterocycles. The van der Waals surface area contributed by atoms with Crippen molar-refractivity contribution in [3.05, 3.63) is 23.8 Å². The topological polar surface area (TPSA) is 102 Å². The second kappa shape index (κ2) is 9.34. The van der Waals surface area contributed by atoms with E-state index in [1.54, 1.807) is 13.8 Å². The van der Waals surface area contributed by atoms with E-state index in [9.17, 15) is 13.2 Å². The minimum absolute atomic E-state index is 0.0668. The van der Waals surface area contributed by atoms with Crippen LogP contribution in [0.4, 0.5) is 0 Å². The molecule has 1 amide bonds. The standard InChI is InChI=1S/C18H31N3O4S/c1-6-18(19,7-2)13-20-17(22)15-12-14(10-11-16(15)25-5)26(23,24)21(8-3)9-4/h10-12H,6-9,13,19H2,1-5H3,(H,20,22). The van der Waals surface area contributed by atoms with Gasteiger partial charge in [-0.2, -0.15) is 4.31 Å². The Balaban J connectivity index is 3.20. The number of nitrogens with two attached hydrogens (primary N) is 1. The van der Waals surface area contributed by atoms with Gasteiger partial charge >= 0.3 is 0 Å². The number of ether oxygens (including phenoxy) is 1. The van der Waals surface area contributed by atoms with Crippen molar-refractivity contribution in [2.75, 3.05) is 26.7 Å². The zero-order valence-corrected chi connectivity index (χ0v) is 17.1. The first-order valence-corrected chi connectivity index (χ1v) is 10.4. The van der Waals surface area contributed by atoms with Gasteiger partial charge < -0.3 is 15.8 Å². The van der Waals surface area contributed by atoms with Gasteiger partial charge in [0, 0.05) is 25.2 Å². The molecule has 0 atom stereocenters. The SMILES string of the molecule is CCN(CC)S(=O)(=O)c1ccc(OC)c(C(=O)NCC(N)(CC)CC)c1. The minimum atomic E-state index is -3.66.